The maximum Gasteiger partial charge on any atom is 0.306 e. The van der Waals surface area contributed by atoms with E-state index in [1.165, 1.54) is 13.8 Å². The Hall–Kier alpha value is -3.30. The summed E-state index contributed by atoms with van der Waals surface area (Å²) in [5.41, 5.74) is 2.23. The first-order valence-corrected chi connectivity index (χ1v) is 15.3. The van der Waals surface area contributed by atoms with Crippen molar-refractivity contribution in [3.8, 4) is 0 Å². The van der Waals surface area contributed by atoms with E-state index in [1.54, 1.807) is 0 Å². The van der Waals surface area contributed by atoms with E-state index in [0.717, 1.165) is 11.3 Å². The number of anilines is 1. The fraction of sp³-hybridized carbons (Fsp3) is 0.677. The van der Waals surface area contributed by atoms with Crippen LogP contribution in [0.4, 0.5) is 5.69 Å². The number of carbonyl (C=O) groups excluding carboxylic acids is 2. The molecule has 0 radical (unpaired) electrons. The number of carbonyl (C=O) groups is 4. The summed E-state index contributed by atoms with van der Waals surface area (Å²) in [6, 6.07) is 8.21. The van der Waals surface area contributed by atoms with Crippen LogP contribution in [0.2, 0.25) is 0 Å². The van der Waals surface area contributed by atoms with Gasteiger partial charge < -0.3 is 49.4 Å². The first-order valence-electron chi connectivity index (χ1n) is 15.3. The third-order valence-corrected chi connectivity index (χ3v) is 6.46. The monoisotopic (exact) mass is 641 g/mol. The quantitative estimate of drug-likeness (QED) is 0.0966. The van der Waals surface area contributed by atoms with Crippen molar-refractivity contribution in [3.05, 3.63) is 29.8 Å². The molecule has 0 saturated carbocycles. The maximum atomic E-state index is 11.7. The molecule has 14 heteroatoms. The van der Waals surface area contributed by atoms with E-state index in [9.17, 15) is 19.2 Å². The second kappa shape index (κ2) is 25.0. The number of nitrogens with zero attached hydrogens (tertiary/aromatic N) is 1. The van der Waals surface area contributed by atoms with Gasteiger partial charge >= 0.3 is 11.9 Å². The van der Waals surface area contributed by atoms with E-state index in [2.05, 4.69) is 21.6 Å². The van der Waals surface area contributed by atoms with Crippen molar-refractivity contribution in [2.75, 3.05) is 97.1 Å². The van der Waals surface area contributed by atoms with Crippen LogP contribution in [0.1, 0.15) is 32.3 Å². The molecule has 2 amide bonds. The fourth-order valence-corrected chi connectivity index (χ4v) is 3.81. The predicted octanol–water partition coefficient (Wildman–Crippen LogP) is 1.34. The van der Waals surface area contributed by atoms with E-state index in [-0.39, 0.29) is 24.7 Å². The zero-order valence-corrected chi connectivity index (χ0v) is 26.8. The van der Waals surface area contributed by atoms with Crippen molar-refractivity contribution in [2.45, 2.75) is 33.6 Å². The number of hydrogen-bond acceptors (Lipinski definition) is 10. The van der Waals surface area contributed by atoms with Gasteiger partial charge in [-0.15, -0.1) is 0 Å². The third-order valence-electron chi connectivity index (χ3n) is 6.46. The lowest BCUT2D eigenvalue weighted by Crippen LogP contribution is -2.32. The smallest absolute Gasteiger partial charge is 0.306 e. The molecule has 0 fully saturated rings. The number of nitrogens with one attached hydrogen (secondary N) is 2. The van der Waals surface area contributed by atoms with Crippen LogP contribution in [0.15, 0.2) is 24.3 Å². The lowest BCUT2D eigenvalue weighted by atomic mass is 10.1. The molecular weight excluding hydrogens is 590 g/mol. The van der Waals surface area contributed by atoms with Crippen molar-refractivity contribution < 1.29 is 53.1 Å². The van der Waals surface area contributed by atoms with E-state index in [0.29, 0.717) is 92.2 Å². The molecule has 1 aromatic rings. The van der Waals surface area contributed by atoms with Crippen molar-refractivity contribution in [2.24, 2.45) is 11.8 Å². The van der Waals surface area contributed by atoms with E-state index in [4.69, 9.17) is 33.9 Å². The molecule has 2 atom stereocenters. The second-order valence-electron chi connectivity index (χ2n) is 10.5. The van der Waals surface area contributed by atoms with Gasteiger partial charge in [-0.1, -0.05) is 26.0 Å². The lowest BCUT2D eigenvalue weighted by molar-refractivity contribution is -0.143. The van der Waals surface area contributed by atoms with E-state index >= 15 is 0 Å². The molecule has 1 rings (SSSR count). The Morgan fingerprint density at radius 1 is 0.667 bits per heavy atom. The van der Waals surface area contributed by atoms with Gasteiger partial charge in [0.2, 0.25) is 11.8 Å². The molecule has 1 aromatic carbocycles. The van der Waals surface area contributed by atoms with Crippen molar-refractivity contribution in [3.63, 3.8) is 0 Å². The average Bonchev–Trinajstić information content (AvgIpc) is 2.99. The Morgan fingerprint density at radius 2 is 1.07 bits per heavy atom. The SMILES string of the molecule is Cc1cccc(N(CCOCCOCCNC(=O)CC(C)C(=O)O)CCOCCOCCOCCNC(=O)CC(C)C(=O)O)c1. The summed E-state index contributed by atoms with van der Waals surface area (Å²) in [4.78, 5) is 47.1. The number of aliphatic carboxylic acids is 2. The van der Waals surface area contributed by atoms with Crippen LogP contribution in [0.25, 0.3) is 0 Å². The number of carboxylic acid groups (broad SMARTS) is 2. The summed E-state index contributed by atoms with van der Waals surface area (Å²) in [5, 5.41) is 22.9. The van der Waals surface area contributed by atoms with Gasteiger partial charge in [-0.3, -0.25) is 19.2 Å². The van der Waals surface area contributed by atoms with Crippen LogP contribution in [0, 0.1) is 18.8 Å². The molecule has 0 spiro atoms. The zero-order chi connectivity index (χ0) is 33.3. The Labute approximate surface area is 265 Å². The van der Waals surface area contributed by atoms with Crippen LogP contribution in [-0.4, -0.2) is 126 Å². The lowest BCUT2D eigenvalue weighted by Gasteiger charge is -2.25. The van der Waals surface area contributed by atoms with Gasteiger partial charge in [-0.05, 0) is 24.6 Å². The second-order valence-corrected chi connectivity index (χ2v) is 10.5. The summed E-state index contributed by atoms with van der Waals surface area (Å²) < 4.78 is 27.9. The minimum absolute atomic E-state index is 0.0600. The minimum Gasteiger partial charge on any atom is -0.481 e. The van der Waals surface area contributed by atoms with Gasteiger partial charge in [0.05, 0.1) is 77.9 Å². The van der Waals surface area contributed by atoms with Crippen LogP contribution >= 0.6 is 0 Å². The Morgan fingerprint density at radius 3 is 1.47 bits per heavy atom. The van der Waals surface area contributed by atoms with Gasteiger partial charge in [0.15, 0.2) is 0 Å². The van der Waals surface area contributed by atoms with Crippen molar-refractivity contribution in [1.82, 2.24) is 10.6 Å². The molecule has 0 bridgehead atoms. The number of rotatable bonds is 28. The van der Waals surface area contributed by atoms with Gasteiger partial charge in [0.25, 0.3) is 0 Å². The summed E-state index contributed by atoms with van der Waals surface area (Å²) in [7, 11) is 0. The molecule has 2 unspecified atom stereocenters. The summed E-state index contributed by atoms with van der Waals surface area (Å²) >= 11 is 0. The highest BCUT2D eigenvalue weighted by Crippen LogP contribution is 2.15. The Bertz CT molecular complexity index is 995. The number of aryl methyl sites for hydroxylation is 1. The molecule has 0 saturated heterocycles. The number of amides is 2. The van der Waals surface area contributed by atoms with Crippen molar-refractivity contribution in [1.29, 1.82) is 0 Å². The van der Waals surface area contributed by atoms with Crippen LogP contribution in [0.3, 0.4) is 0 Å². The minimum atomic E-state index is -0.999. The molecular formula is C31H51N3O11. The molecule has 0 aliphatic carbocycles. The van der Waals surface area contributed by atoms with Crippen LogP contribution < -0.4 is 15.5 Å². The van der Waals surface area contributed by atoms with Gasteiger partial charge in [0.1, 0.15) is 0 Å². The molecule has 4 N–H and O–H groups in total. The molecule has 256 valence electrons. The molecule has 14 nitrogen and oxygen atoms in total. The molecule has 0 heterocycles. The normalized spacial score (nSPS) is 12.3. The Kier molecular flexibility index (Phi) is 22.0. The van der Waals surface area contributed by atoms with Crippen LogP contribution in [-0.2, 0) is 42.9 Å². The topological polar surface area (TPSA) is 182 Å². The Balaban J connectivity index is 2.13. The highest BCUT2D eigenvalue weighted by atomic mass is 16.5. The molecule has 45 heavy (non-hydrogen) atoms. The first kappa shape index (κ1) is 39.7. The largest absolute Gasteiger partial charge is 0.481 e. The highest BCUT2D eigenvalue weighted by Gasteiger charge is 2.16. The van der Waals surface area contributed by atoms with Gasteiger partial charge in [-0.25, -0.2) is 0 Å². The number of carboxylic acids is 2. The highest BCUT2D eigenvalue weighted by molar-refractivity contribution is 5.82. The number of benzene rings is 1. The average molecular weight is 642 g/mol. The third kappa shape index (κ3) is 21.1. The molecule has 0 aromatic heterocycles. The standard InChI is InChI=1S/C31H51N3O11/c1-24-5-4-6-27(21-24)34(9-13-43-17-15-41-11-7-32-28(35)22-25(2)30(37)38)10-14-44-18-20-45-19-16-42-12-8-33-29(36)23-26(3)31(39)40/h4-6,21,25-26H,7-20,22-23H2,1-3H3,(H,32,35)(H,33,36)(H,37,38)(H,39,40). The summed E-state index contributed by atoms with van der Waals surface area (Å²) in [6.45, 7) is 11.0. The number of ether oxygens (including phenoxy) is 5. The van der Waals surface area contributed by atoms with E-state index < -0.39 is 23.8 Å². The van der Waals surface area contributed by atoms with Gasteiger partial charge in [0, 0.05) is 44.7 Å². The van der Waals surface area contributed by atoms with Crippen molar-refractivity contribution >= 4 is 29.4 Å². The first-order chi connectivity index (χ1) is 21.6. The van der Waals surface area contributed by atoms with Gasteiger partial charge in [-0.2, -0.15) is 0 Å². The predicted molar refractivity (Wildman–Crippen MR) is 166 cm³/mol. The molecule has 0 aliphatic rings. The van der Waals surface area contributed by atoms with Crippen LogP contribution in [0.5, 0.6) is 0 Å². The molecule has 0 aliphatic heterocycles. The zero-order valence-electron chi connectivity index (χ0n) is 26.8. The summed E-state index contributed by atoms with van der Waals surface area (Å²) in [6.07, 6.45) is -0.120. The fourth-order valence-electron chi connectivity index (χ4n) is 3.81. The number of hydrogen-bond donors (Lipinski definition) is 4. The van der Waals surface area contributed by atoms with E-state index in [1.807, 2.05) is 25.1 Å². The maximum absolute atomic E-state index is 11.7. The summed E-state index contributed by atoms with van der Waals surface area (Å²) in [5.74, 6) is -4.07.